The van der Waals surface area contributed by atoms with Gasteiger partial charge in [0.1, 0.15) is 5.82 Å². The molecule has 1 aliphatic rings. The van der Waals surface area contributed by atoms with Crippen LogP contribution in [-0.4, -0.2) is 33.0 Å². The highest BCUT2D eigenvalue weighted by molar-refractivity contribution is 7.99. The Kier molecular flexibility index (Phi) is 5.20. The third-order valence-corrected chi connectivity index (χ3v) is 5.31. The summed E-state index contributed by atoms with van der Waals surface area (Å²) in [6, 6.07) is 16.0. The topological polar surface area (TPSA) is 59.8 Å². The van der Waals surface area contributed by atoms with Crippen LogP contribution in [0.25, 0.3) is 17.1 Å². The summed E-state index contributed by atoms with van der Waals surface area (Å²) in [5.41, 5.74) is 1.19. The van der Waals surface area contributed by atoms with E-state index in [2.05, 4.69) is 15.5 Å². The second kappa shape index (κ2) is 7.92. The molecule has 5 nitrogen and oxygen atoms in total. The van der Waals surface area contributed by atoms with Gasteiger partial charge in [-0.3, -0.25) is 9.36 Å². The van der Waals surface area contributed by atoms with E-state index in [0.29, 0.717) is 22.5 Å². The van der Waals surface area contributed by atoms with E-state index in [1.54, 1.807) is 22.8 Å². The molecule has 0 unspecified atom stereocenters. The molecule has 1 heterocycles. The monoisotopic (exact) mass is 382 g/mol. The van der Waals surface area contributed by atoms with Crippen molar-refractivity contribution in [1.29, 1.82) is 0 Å². The Morgan fingerprint density at radius 3 is 2.59 bits per heavy atom. The van der Waals surface area contributed by atoms with Crippen LogP contribution in [0.1, 0.15) is 12.8 Å². The lowest BCUT2D eigenvalue weighted by Gasteiger charge is -2.10. The summed E-state index contributed by atoms with van der Waals surface area (Å²) in [6.07, 6.45) is 2.39. The lowest BCUT2D eigenvalue weighted by molar-refractivity contribution is -0.118. The van der Waals surface area contributed by atoms with E-state index >= 15 is 0 Å². The average Bonchev–Trinajstić information content (AvgIpc) is 3.44. The number of carbonyl (C=O) groups excluding carboxylic acids is 1. The van der Waals surface area contributed by atoms with Crippen LogP contribution in [0.5, 0.6) is 0 Å². The summed E-state index contributed by atoms with van der Waals surface area (Å²) in [5.74, 6) is 0.914. The molecule has 138 valence electrons. The highest BCUT2D eigenvalue weighted by Gasteiger charge is 2.22. The molecule has 27 heavy (non-hydrogen) atoms. The van der Waals surface area contributed by atoms with Crippen molar-refractivity contribution >= 4 is 17.7 Å². The third kappa shape index (κ3) is 4.19. The molecule has 0 aliphatic heterocycles. The number of benzene rings is 2. The number of thioether (sulfide) groups is 1. The molecular formula is C20H19FN4OS. The Balaban J connectivity index is 1.61. The predicted octanol–water partition coefficient (Wildman–Crippen LogP) is 3.69. The molecule has 3 aromatic rings. The van der Waals surface area contributed by atoms with Crippen molar-refractivity contribution in [3.05, 3.63) is 60.4 Å². The van der Waals surface area contributed by atoms with Crippen molar-refractivity contribution in [3.63, 3.8) is 0 Å². The van der Waals surface area contributed by atoms with Gasteiger partial charge in [-0.15, -0.1) is 10.2 Å². The molecule has 7 heteroatoms. The molecule has 0 saturated heterocycles. The average molecular weight is 382 g/mol. The SMILES string of the molecule is O=C(CSc1nnc(-c2ccccc2F)n1-c1ccccc1)NCC1CC1. The first-order valence-corrected chi connectivity index (χ1v) is 9.86. The van der Waals surface area contributed by atoms with E-state index in [1.807, 2.05) is 30.3 Å². The molecule has 1 aromatic heterocycles. The van der Waals surface area contributed by atoms with Crippen molar-refractivity contribution in [2.24, 2.45) is 5.92 Å². The minimum Gasteiger partial charge on any atom is -0.355 e. The Labute approximate surface area is 161 Å². The van der Waals surface area contributed by atoms with Gasteiger partial charge in [0.05, 0.1) is 11.3 Å². The quantitative estimate of drug-likeness (QED) is 0.633. The fourth-order valence-corrected chi connectivity index (χ4v) is 3.53. The van der Waals surface area contributed by atoms with Crippen molar-refractivity contribution < 1.29 is 9.18 Å². The molecule has 1 N–H and O–H groups in total. The van der Waals surface area contributed by atoms with E-state index in [9.17, 15) is 9.18 Å². The zero-order chi connectivity index (χ0) is 18.6. The number of halogens is 1. The zero-order valence-corrected chi connectivity index (χ0v) is 15.5. The number of hydrogen-bond donors (Lipinski definition) is 1. The van der Waals surface area contributed by atoms with Crippen LogP contribution in [0, 0.1) is 11.7 Å². The summed E-state index contributed by atoms with van der Waals surface area (Å²) >= 11 is 1.30. The maximum absolute atomic E-state index is 14.3. The molecule has 1 fully saturated rings. The van der Waals surface area contributed by atoms with Crippen LogP contribution in [0.2, 0.25) is 0 Å². The minimum atomic E-state index is -0.360. The second-order valence-electron chi connectivity index (χ2n) is 6.49. The van der Waals surface area contributed by atoms with E-state index in [-0.39, 0.29) is 17.5 Å². The Bertz CT molecular complexity index is 940. The number of para-hydroxylation sites is 1. The number of carbonyl (C=O) groups is 1. The second-order valence-corrected chi connectivity index (χ2v) is 7.44. The number of hydrogen-bond acceptors (Lipinski definition) is 4. The van der Waals surface area contributed by atoms with E-state index in [1.165, 1.54) is 30.7 Å². The largest absolute Gasteiger partial charge is 0.355 e. The zero-order valence-electron chi connectivity index (χ0n) is 14.6. The van der Waals surface area contributed by atoms with Crippen molar-refractivity contribution in [3.8, 4) is 17.1 Å². The number of amides is 1. The number of rotatable bonds is 7. The number of aromatic nitrogens is 3. The van der Waals surface area contributed by atoms with Gasteiger partial charge < -0.3 is 5.32 Å². The predicted molar refractivity (Wildman–Crippen MR) is 103 cm³/mol. The molecule has 0 bridgehead atoms. The van der Waals surface area contributed by atoms with Crippen molar-refractivity contribution in [2.45, 2.75) is 18.0 Å². The summed E-state index contributed by atoms with van der Waals surface area (Å²) < 4.78 is 16.1. The lowest BCUT2D eigenvalue weighted by Crippen LogP contribution is -2.27. The van der Waals surface area contributed by atoms with Crippen LogP contribution in [-0.2, 0) is 4.79 Å². The van der Waals surface area contributed by atoms with E-state index in [4.69, 9.17) is 0 Å². The van der Waals surface area contributed by atoms with Crippen molar-refractivity contribution in [2.75, 3.05) is 12.3 Å². The van der Waals surface area contributed by atoms with Gasteiger partial charge in [0, 0.05) is 12.2 Å². The molecule has 1 aliphatic carbocycles. The highest BCUT2D eigenvalue weighted by Crippen LogP contribution is 2.30. The lowest BCUT2D eigenvalue weighted by atomic mass is 10.2. The molecule has 4 rings (SSSR count). The van der Waals surface area contributed by atoms with Gasteiger partial charge in [-0.2, -0.15) is 0 Å². The Morgan fingerprint density at radius 1 is 1.11 bits per heavy atom. The van der Waals surface area contributed by atoms with Gasteiger partial charge in [0.25, 0.3) is 0 Å². The summed E-state index contributed by atoms with van der Waals surface area (Å²) in [5, 5.41) is 11.9. The van der Waals surface area contributed by atoms with Crippen LogP contribution in [0.4, 0.5) is 4.39 Å². The molecule has 0 atom stereocenters. The summed E-state index contributed by atoms with van der Waals surface area (Å²) in [4.78, 5) is 12.1. The Hall–Kier alpha value is -2.67. The molecule has 0 radical (unpaired) electrons. The molecule has 1 amide bonds. The van der Waals surface area contributed by atoms with Gasteiger partial charge in [0.15, 0.2) is 11.0 Å². The van der Waals surface area contributed by atoms with Crippen LogP contribution in [0.15, 0.2) is 59.8 Å². The highest BCUT2D eigenvalue weighted by atomic mass is 32.2. The molecule has 2 aromatic carbocycles. The fourth-order valence-electron chi connectivity index (χ4n) is 2.75. The maximum atomic E-state index is 14.3. The van der Waals surface area contributed by atoms with Crippen LogP contribution in [0.3, 0.4) is 0 Å². The van der Waals surface area contributed by atoms with E-state index in [0.717, 1.165) is 12.2 Å². The first kappa shape index (κ1) is 17.7. The number of nitrogens with zero attached hydrogens (tertiary/aromatic N) is 3. The third-order valence-electron chi connectivity index (χ3n) is 4.38. The Morgan fingerprint density at radius 2 is 1.85 bits per heavy atom. The van der Waals surface area contributed by atoms with Crippen LogP contribution < -0.4 is 5.32 Å². The summed E-state index contributed by atoms with van der Waals surface area (Å²) in [6.45, 7) is 0.741. The molecular weight excluding hydrogens is 363 g/mol. The summed E-state index contributed by atoms with van der Waals surface area (Å²) in [7, 11) is 0. The minimum absolute atomic E-state index is 0.0260. The standard InChI is InChI=1S/C20H19FN4OS/c21-17-9-5-4-8-16(17)19-23-24-20(25(19)15-6-2-1-3-7-15)27-13-18(26)22-12-14-10-11-14/h1-9,14H,10-13H2,(H,22,26). The van der Waals surface area contributed by atoms with Gasteiger partial charge in [-0.25, -0.2) is 4.39 Å². The van der Waals surface area contributed by atoms with Crippen molar-refractivity contribution in [1.82, 2.24) is 20.1 Å². The normalized spacial score (nSPS) is 13.5. The van der Waals surface area contributed by atoms with Gasteiger partial charge in [0.2, 0.25) is 5.91 Å². The van der Waals surface area contributed by atoms with Gasteiger partial charge >= 0.3 is 0 Å². The van der Waals surface area contributed by atoms with Crippen LogP contribution >= 0.6 is 11.8 Å². The first-order chi connectivity index (χ1) is 13.2. The molecule has 1 saturated carbocycles. The first-order valence-electron chi connectivity index (χ1n) is 8.87. The van der Waals surface area contributed by atoms with Gasteiger partial charge in [-0.1, -0.05) is 42.1 Å². The van der Waals surface area contributed by atoms with Gasteiger partial charge in [-0.05, 0) is 43.0 Å². The smallest absolute Gasteiger partial charge is 0.230 e. The van der Waals surface area contributed by atoms with E-state index < -0.39 is 0 Å². The number of nitrogens with one attached hydrogen (secondary N) is 1. The molecule has 0 spiro atoms. The maximum Gasteiger partial charge on any atom is 0.230 e. The fraction of sp³-hybridized carbons (Fsp3) is 0.250.